The highest BCUT2D eigenvalue weighted by Crippen LogP contribution is 2.31. The van der Waals surface area contributed by atoms with E-state index < -0.39 is 11.7 Å². The lowest BCUT2D eigenvalue weighted by molar-refractivity contribution is -0.137. The molecule has 4 aliphatic heterocycles. The summed E-state index contributed by atoms with van der Waals surface area (Å²) in [5.41, 5.74) is 6.11. The van der Waals surface area contributed by atoms with Crippen molar-refractivity contribution in [2.24, 2.45) is 0 Å². The van der Waals surface area contributed by atoms with Gasteiger partial charge in [0.25, 0.3) is 0 Å². The summed E-state index contributed by atoms with van der Waals surface area (Å²) in [7, 11) is 0. The van der Waals surface area contributed by atoms with Gasteiger partial charge in [-0.25, -0.2) is 0 Å². The van der Waals surface area contributed by atoms with Crippen molar-refractivity contribution in [1.82, 2.24) is 30.2 Å². The van der Waals surface area contributed by atoms with E-state index in [1.165, 1.54) is 17.2 Å². The van der Waals surface area contributed by atoms with Gasteiger partial charge in [0.15, 0.2) is 0 Å². The molecule has 14 heteroatoms. The second-order valence-corrected chi connectivity index (χ2v) is 18.5. The third-order valence-corrected chi connectivity index (χ3v) is 13.1. The van der Waals surface area contributed by atoms with Crippen molar-refractivity contribution in [3.63, 3.8) is 0 Å². The van der Waals surface area contributed by atoms with Crippen molar-refractivity contribution >= 4 is 23.2 Å². The number of likely N-dealkylation sites (tertiary alicyclic amines) is 2. The molecule has 2 atom stereocenters. The second kappa shape index (κ2) is 23.3. The Kier molecular flexibility index (Phi) is 17.1. The Balaban J connectivity index is 0.000000197. The van der Waals surface area contributed by atoms with Crippen LogP contribution in [0.25, 0.3) is 0 Å². The number of amides is 2. The van der Waals surface area contributed by atoms with E-state index in [1.54, 1.807) is 6.07 Å². The maximum absolute atomic E-state index is 12.9. The molecule has 11 nitrogen and oxygen atoms in total. The lowest BCUT2D eigenvalue weighted by atomic mass is 10.0. The van der Waals surface area contributed by atoms with Crippen molar-refractivity contribution in [3.8, 4) is 6.07 Å². The minimum atomic E-state index is -4.35. The van der Waals surface area contributed by atoms with Gasteiger partial charge >= 0.3 is 6.18 Å². The number of hydrogen-bond acceptors (Lipinski definition) is 9. The zero-order chi connectivity index (χ0) is 46.5. The number of benzene rings is 4. The number of hydrogen-bond donors (Lipinski definition) is 4. The van der Waals surface area contributed by atoms with E-state index in [2.05, 4.69) is 87.4 Å². The number of rotatable bonds is 12. The fraction of sp³-hybridized carbons (Fsp3) is 0.481. The van der Waals surface area contributed by atoms with Crippen molar-refractivity contribution in [3.05, 3.63) is 130 Å². The number of nitrogens with zero attached hydrogens (tertiary/aromatic N) is 5. The number of anilines is 2. The first-order chi connectivity index (χ1) is 31.8. The van der Waals surface area contributed by atoms with Gasteiger partial charge in [0, 0.05) is 114 Å². The Bertz CT molecular complexity index is 2220. The summed E-state index contributed by atoms with van der Waals surface area (Å²) in [5, 5.41) is 22.7. The Hall–Kier alpha value is -5.46. The molecule has 4 aromatic rings. The van der Waals surface area contributed by atoms with Crippen molar-refractivity contribution in [2.45, 2.75) is 95.8 Å². The van der Waals surface area contributed by atoms with Gasteiger partial charge in [0.2, 0.25) is 11.8 Å². The largest absolute Gasteiger partial charge is 0.416 e. The molecule has 0 unspecified atom stereocenters. The zero-order valence-corrected chi connectivity index (χ0v) is 38.5. The quantitative estimate of drug-likeness (QED) is 0.118. The second-order valence-electron chi connectivity index (χ2n) is 18.5. The monoisotopic (exact) mass is 906 g/mol. The molecule has 4 aromatic carbocycles. The van der Waals surface area contributed by atoms with Crippen LogP contribution in [0, 0.1) is 11.3 Å². The lowest BCUT2D eigenvalue weighted by Gasteiger charge is -2.33. The van der Waals surface area contributed by atoms with Crippen LogP contribution in [0.1, 0.15) is 72.9 Å². The van der Waals surface area contributed by atoms with Crippen LogP contribution in [0.2, 0.25) is 0 Å². The van der Waals surface area contributed by atoms with Gasteiger partial charge in [0.1, 0.15) is 0 Å². The van der Waals surface area contributed by atoms with E-state index >= 15 is 0 Å². The zero-order valence-electron chi connectivity index (χ0n) is 38.5. The average Bonchev–Trinajstić information content (AvgIpc) is 3.31. The van der Waals surface area contributed by atoms with Gasteiger partial charge < -0.3 is 31.1 Å². The molecular weight excluding hydrogens is 840 g/mol. The van der Waals surface area contributed by atoms with Crippen LogP contribution < -0.4 is 21.3 Å². The smallest absolute Gasteiger partial charge is 0.382 e. The molecule has 2 amide bonds. The van der Waals surface area contributed by atoms with Crippen LogP contribution in [-0.2, 0) is 41.7 Å². The molecule has 4 heterocycles. The molecule has 352 valence electrons. The molecule has 0 saturated carbocycles. The molecule has 8 rings (SSSR count). The first-order valence-corrected chi connectivity index (χ1v) is 23.7. The van der Waals surface area contributed by atoms with E-state index in [4.69, 9.17) is 5.26 Å². The van der Waals surface area contributed by atoms with E-state index in [1.807, 2.05) is 46.2 Å². The molecular formula is C52H66F3N9O2. The van der Waals surface area contributed by atoms with Crippen LogP contribution in [0.15, 0.2) is 97.1 Å². The van der Waals surface area contributed by atoms with Gasteiger partial charge in [0.05, 0.1) is 30.0 Å². The maximum atomic E-state index is 12.9. The van der Waals surface area contributed by atoms with Gasteiger partial charge in [-0.2, -0.15) is 18.4 Å². The highest BCUT2D eigenvalue weighted by Gasteiger charge is 2.31. The summed E-state index contributed by atoms with van der Waals surface area (Å²) in [6.45, 7) is 15.4. The molecule has 0 aliphatic carbocycles. The number of nitrogens with one attached hydrogen (secondary N) is 4. The van der Waals surface area contributed by atoms with E-state index in [0.717, 1.165) is 107 Å². The Morgan fingerprint density at radius 3 is 1.47 bits per heavy atom. The van der Waals surface area contributed by atoms with Crippen molar-refractivity contribution < 1.29 is 22.8 Å². The Labute approximate surface area is 388 Å². The SMILES string of the molecule is C[C@@H]1CN(Cc2ccc(CC(=O)N3CCC(Nc4cccc(C#N)c4)CC3)cc2)CCN1.C[C@@H]1CN(Cc2ccc(CC(=O)N3CCC(Nc4cccc(C(F)(F)F)c4)CC3)cc2)CCN1. The van der Waals surface area contributed by atoms with Crippen molar-refractivity contribution in [2.75, 3.05) is 76.1 Å². The maximum Gasteiger partial charge on any atom is 0.416 e. The van der Waals surface area contributed by atoms with Crippen LogP contribution in [-0.4, -0.2) is 121 Å². The lowest BCUT2D eigenvalue weighted by Crippen LogP contribution is -2.48. The molecule has 4 saturated heterocycles. The normalized spacial score (nSPS) is 20.2. The molecule has 0 radical (unpaired) electrons. The fourth-order valence-electron chi connectivity index (χ4n) is 9.41. The van der Waals surface area contributed by atoms with E-state index in [9.17, 15) is 22.8 Å². The molecule has 0 aromatic heterocycles. The summed E-state index contributed by atoms with van der Waals surface area (Å²) in [5.74, 6) is 0.305. The fourth-order valence-corrected chi connectivity index (χ4v) is 9.41. The third-order valence-electron chi connectivity index (χ3n) is 13.1. The summed E-state index contributed by atoms with van der Waals surface area (Å²) in [6, 6.07) is 33.3. The highest BCUT2D eigenvalue weighted by molar-refractivity contribution is 5.79. The molecule has 4 aliphatic rings. The highest BCUT2D eigenvalue weighted by atomic mass is 19.4. The van der Waals surface area contributed by atoms with E-state index in [-0.39, 0.29) is 17.9 Å². The van der Waals surface area contributed by atoms with Crippen LogP contribution in [0.5, 0.6) is 0 Å². The number of halogens is 3. The van der Waals surface area contributed by atoms with Gasteiger partial charge in [-0.1, -0.05) is 60.7 Å². The molecule has 66 heavy (non-hydrogen) atoms. The standard InChI is InChI=1S/C26H33F3N4O.C26H33N5O/c1-19-17-32(14-11-30-19)18-21-7-5-20(6-8-21)15-25(34)33-12-9-23(10-13-33)31-24-4-2-3-22(16-24)26(27,28)29;1-20-18-30(14-11-28-20)19-22-7-5-21(6-8-22)16-26(32)31-12-9-24(10-13-31)29-25-4-2-3-23(15-25)17-27/h2-8,16,19,23,30-31H,9-15,17-18H2,1H3;2-8,15,20,24,28-29H,9-14,16,18-19H2,1H3/t19-;20-/m11/s1. The molecule has 0 spiro atoms. The first kappa shape index (κ1) is 48.5. The number of piperidine rings is 2. The summed E-state index contributed by atoms with van der Waals surface area (Å²) < 4.78 is 38.8. The third kappa shape index (κ3) is 14.8. The van der Waals surface area contributed by atoms with Crippen LogP contribution in [0.4, 0.5) is 24.5 Å². The number of carbonyl (C=O) groups is 2. The number of carbonyl (C=O) groups excluding carboxylic acids is 2. The molecule has 4 fully saturated rings. The van der Waals surface area contributed by atoms with Crippen LogP contribution >= 0.6 is 0 Å². The van der Waals surface area contributed by atoms with Crippen LogP contribution in [0.3, 0.4) is 0 Å². The summed E-state index contributed by atoms with van der Waals surface area (Å²) >= 11 is 0. The Morgan fingerprint density at radius 1 is 0.621 bits per heavy atom. The predicted molar refractivity (Wildman–Crippen MR) is 255 cm³/mol. The summed E-state index contributed by atoms with van der Waals surface area (Å²) in [6.07, 6.45) is -0.248. The number of piperazine rings is 2. The topological polar surface area (TPSA) is 119 Å². The predicted octanol–water partition coefficient (Wildman–Crippen LogP) is 7.14. The molecule has 0 bridgehead atoms. The van der Waals surface area contributed by atoms with Crippen molar-refractivity contribution in [1.29, 1.82) is 5.26 Å². The Morgan fingerprint density at radius 2 is 1.05 bits per heavy atom. The summed E-state index contributed by atoms with van der Waals surface area (Å²) in [4.78, 5) is 34.4. The molecule has 4 N–H and O–H groups in total. The minimum Gasteiger partial charge on any atom is -0.382 e. The number of alkyl halides is 3. The van der Waals surface area contributed by atoms with Gasteiger partial charge in [-0.15, -0.1) is 0 Å². The minimum absolute atomic E-state index is 0.0551. The average molecular weight is 906 g/mol. The van der Waals surface area contributed by atoms with Gasteiger partial charge in [-0.05, 0) is 98.2 Å². The first-order valence-electron chi connectivity index (χ1n) is 23.7. The number of nitriles is 1. The van der Waals surface area contributed by atoms with Gasteiger partial charge in [-0.3, -0.25) is 19.4 Å². The van der Waals surface area contributed by atoms with E-state index in [0.29, 0.717) is 68.1 Å².